The summed E-state index contributed by atoms with van der Waals surface area (Å²) in [6.45, 7) is 2.11. The first kappa shape index (κ1) is 15.5. The number of halogens is 2. The maximum atomic E-state index is 13.1. The van der Waals surface area contributed by atoms with Crippen molar-refractivity contribution in [3.05, 3.63) is 45.2 Å². The second kappa shape index (κ2) is 7.21. The van der Waals surface area contributed by atoms with Crippen LogP contribution in [-0.2, 0) is 12.2 Å². The third-order valence-corrected chi connectivity index (χ3v) is 4.81. The molecule has 2 N–H and O–H groups in total. The van der Waals surface area contributed by atoms with Gasteiger partial charge in [-0.3, -0.25) is 0 Å². The summed E-state index contributed by atoms with van der Waals surface area (Å²) < 4.78 is 14.0. The van der Waals surface area contributed by atoms with E-state index >= 15 is 0 Å². The van der Waals surface area contributed by atoms with Crippen LogP contribution in [0.15, 0.2) is 29.2 Å². The standard InChI is InChI=1S/C14H15FIN3S/c1-2-4-11-13(16)14(17)19-12(18-11)8-20-10-6-3-5-9(15)7-10/h3,5-7H,2,4,8H2,1H3,(H2,17,18,19). The van der Waals surface area contributed by atoms with Crippen LogP contribution in [0.3, 0.4) is 0 Å². The Balaban J connectivity index is 2.13. The van der Waals surface area contributed by atoms with Crippen molar-refractivity contribution in [2.45, 2.75) is 30.4 Å². The number of nitrogens with zero attached hydrogens (tertiary/aromatic N) is 2. The molecule has 0 unspecified atom stereocenters. The van der Waals surface area contributed by atoms with Crippen LogP contribution in [0.4, 0.5) is 10.2 Å². The second-order valence-corrected chi connectivity index (χ2v) is 6.41. The SMILES string of the molecule is CCCc1nc(CSc2cccc(F)c2)nc(N)c1I. The molecule has 2 aromatic rings. The van der Waals surface area contributed by atoms with Crippen molar-refractivity contribution in [3.8, 4) is 0 Å². The maximum Gasteiger partial charge on any atom is 0.141 e. The van der Waals surface area contributed by atoms with Crippen LogP contribution in [0.2, 0.25) is 0 Å². The Morgan fingerprint density at radius 1 is 1.35 bits per heavy atom. The van der Waals surface area contributed by atoms with E-state index in [1.54, 1.807) is 6.07 Å². The number of nitrogen functional groups attached to an aromatic ring is 1. The number of rotatable bonds is 5. The van der Waals surface area contributed by atoms with Crippen LogP contribution in [0.5, 0.6) is 0 Å². The molecule has 20 heavy (non-hydrogen) atoms. The van der Waals surface area contributed by atoms with Crippen molar-refractivity contribution < 1.29 is 4.39 Å². The number of anilines is 1. The summed E-state index contributed by atoms with van der Waals surface area (Å²) >= 11 is 3.69. The zero-order valence-corrected chi connectivity index (χ0v) is 14.0. The zero-order valence-electron chi connectivity index (χ0n) is 11.1. The van der Waals surface area contributed by atoms with Gasteiger partial charge in [-0.25, -0.2) is 14.4 Å². The van der Waals surface area contributed by atoms with Gasteiger partial charge in [0, 0.05) is 4.90 Å². The molecule has 0 atom stereocenters. The fraction of sp³-hybridized carbons (Fsp3) is 0.286. The predicted molar refractivity (Wildman–Crippen MR) is 89.1 cm³/mol. The maximum absolute atomic E-state index is 13.1. The van der Waals surface area contributed by atoms with E-state index in [1.165, 1.54) is 23.9 Å². The van der Waals surface area contributed by atoms with Gasteiger partial charge in [-0.1, -0.05) is 19.4 Å². The Labute approximate surface area is 135 Å². The highest BCUT2D eigenvalue weighted by Gasteiger charge is 2.10. The molecule has 0 saturated heterocycles. The summed E-state index contributed by atoms with van der Waals surface area (Å²) in [5.74, 6) is 1.57. The minimum absolute atomic E-state index is 0.232. The zero-order chi connectivity index (χ0) is 14.5. The van der Waals surface area contributed by atoms with Crippen LogP contribution in [-0.4, -0.2) is 9.97 Å². The highest BCUT2D eigenvalue weighted by atomic mass is 127. The first-order valence-electron chi connectivity index (χ1n) is 6.29. The number of aryl methyl sites for hydroxylation is 1. The Morgan fingerprint density at radius 2 is 2.15 bits per heavy atom. The summed E-state index contributed by atoms with van der Waals surface area (Å²) in [5, 5.41) is 0. The number of nitrogens with two attached hydrogens (primary N) is 1. The Kier molecular flexibility index (Phi) is 5.59. The van der Waals surface area contributed by atoms with Gasteiger partial charge in [0.1, 0.15) is 17.5 Å². The normalized spacial score (nSPS) is 10.8. The number of hydrogen-bond acceptors (Lipinski definition) is 4. The highest BCUT2D eigenvalue weighted by Crippen LogP contribution is 2.24. The predicted octanol–water partition coefficient (Wildman–Crippen LogP) is 4.05. The van der Waals surface area contributed by atoms with Gasteiger partial charge in [-0.15, -0.1) is 11.8 Å². The number of thioether (sulfide) groups is 1. The van der Waals surface area contributed by atoms with Crippen LogP contribution in [0, 0.1) is 9.39 Å². The summed E-state index contributed by atoms with van der Waals surface area (Å²) in [5.41, 5.74) is 6.91. The topological polar surface area (TPSA) is 51.8 Å². The van der Waals surface area contributed by atoms with Crippen LogP contribution in [0.25, 0.3) is 0 Å². The lowest BCUT2D eigenvalue weighted by atomic mass is 10.2. The molecule has 0 aliphatic rings. The third-order valence-electron chi connectivity index (χ3n) is 2.64. The van der Waals surface area contributed by atoms with Crippen LogP contribution < -0.4 is 5.73 Å². The highest BCUT2D eigenvalue weighted by molar-refractivity contribution is 14.1. The molecular weight excluding hydrogens is 388 g/mol. The lowest BCUT2D eigenvalue weighted by Crippen LogP contribution is -2.06. The van der Waals surface area contributed by atoms with E-state index in [4.69, 9.17) is 5.73 Å². The molecule has 1 aromatic heterocycles. The first-order chi connectivity index (χ1) is 9.60. The quantitative estimate of drug-likeness (QED) is 0.605. The monoisotopic (exact) mass is 403 g/mol. The van der Waals surface area contributed by atoms with Gasteiger partial charge in [-0.2, -0.15) is 0 Å². The molecule has 106 valence electrons. The van der Waals surface area contributed by atoms with Crippen LogP contribution in [0.1, 0.15) is 24.9 Å². The summed E-state index contributed by atoms with van der Waals surface area (Å²) in [6, 6.07) is 6.51. The number of benzene rings is 1. The van der Waals surface area contributed by atoms with Gasteiger partial charge in [-0.05, 0) is 47.2 Å². The Morgan fingerprint density at radius 3 is 2.85 bits per heavy atom. The largest absolute Gasteiger partial charge is 0.383 e. The Bertz CT molecular complexity index is 607. The molecule has 1 heterocycles. The van der Waals surface area contributed by atoms with Gasteiger partial charge in [0.2, 0.25) is 0 Å². The van der Waals surface area contributed by atoms with Gasteiger partial charge < -0.3 is 5.73 Å². The minimum atomic E-state index is -0.232. The summed E-state index contributed by atoms with van der Waals surface area (Å²) in [7, 11) is 0. The molecule has 2 rings (SSSR count). The lowest BCUT2D eigenvalue weighted by Gasteiger charge is -2.08. The van der Waals surface area contributed by atoms with E-state index in [9.17, 15) is 4.39 Å². The average molecular weight is 403 g/mol. The molecule has 0 aliphatic carbocycles. The lowest BCUT2D eigenvalue weighted by molar-refractivity contribution is 0.624. The second-order valence-electron chi connectivity index (χ2n) is 4.28. The van der Waals surface area contributed by atoms with Gasteiger partial charge >= 0.3 is 0 Å². The molecule has 6 heteroatoms. The van der Waals surface area contributed by atoms with Gasteiger partial charge in [0.15, 0.2) is 0 Å². The van der Waals surface area contributed by atoms with Crippen molar-refractivity contribution >= 4 is 40.2 Å². The number of aromatic nitrogens is 2. The third kappa shape index (κ3) is 4.05. The fourth-order valence-corrected chi connectivity index (χ4v) is 3.04. The van der Waals surface area contributed by atoms with E-state index in [-0.39, 0.29) is 5.82 Å². The Hall–Kier alpha value is -0.890. The molecule has 0 amide bonds. The molecule has 0 spiro atoms. The minimum Gasteiger partial charge on any atom is -0.383 e. The molecular formula is C14H15FIN3S. The summed E-state index contributed by atoms with van der Waals surface area (Å²) in [4.78, 5) is 9.71. The van der Waals surface area contributed by atoms with Crippen molar-refractivity contribution in [1.82, 2.24) is 9.97 Å². The van der Waals surface area contributed by atoms with Crippen molar-refractivity contribution in [2.75, 3.05) is 5.73 Å². The van der Waals surface area contributed by atoms with Crippen LogP contribution >= 0.6 is 34.4 Å². The van der Waals surface area contributed by atoms with Crippen molar-refractivity contribution in [3.63, 3.8) is 0 Å². The first-order valence-corrected chi connectivity index (χ1v) is 8.35. The smallest absolute Gasteiger partial charge is 0.141 e. The van der Waals surface area contributed by atoms with E-state index in [1.807, 2.05) is 6.07 Å². The molecule has 0 bridgehead atoms. The van der Waals surface area contributed by atoms with Gasteiger partial charge in [0.25, 0.3) is 0 Å². The van der Waals surface area contributed by atoms with E-state index in [0.29, 0.717) is 17.4 Å². The molecule has 0 fully saturated rings. The molecule has 0 radical (unpaired) electrons. The van der Waals surface area contributed by atoms with Crippen molar-refractivity contribution in [2.24, 2.45) is 0 Å². The summed E-state index contributed by atoms with van der Waals surface area (Å²) in [6.07, 6.45) is 1.91. The van der Waals surface area contributed by atoms with E-state index < -0.39 is 0 Å². The van der Waals surface area contributed by atoms with Crippen molar-refractivity contribution in [1.29, 1.82) is 0 Å². The van der Waals surface area contributed by atoms with E-state index in [2.05, 4.69) is 39.5 Å². The fourth-order valence-electron chi connectivity index (χ4n) is 1.74. The average Bonchev–Trinajstić information content (AvgIpc) is 2.42. The number of hydrogen-bond donors (Lipinski definition) is 1. The van der Waals surface area contributed by atoms with E-state index in [0.717, 1.165) is 27.0 Å². The molecule has 0 aliphatic heterocycles. The molecule has 0 saturated carbocycles. The molecule has 3 nitrogen and oxygen atoms in total. The molecule has 1 aromatic carbocycles. The van der Waals surface area contributed by atoms with Gasteiger partial charge in [0.05, 0.1) is 15.0 Å².